The van der Waals surface area contributed by atoms with Crippen molar-refractivity contribution in [2.24, 2.45) is 9.98 Å². The monoisotopic (exact) mass is 640 g/mol. The zero-order valence-corrected chi connectivity index (χ0v) is 25.0. The molecule has 4 aromatic heterocycles. The smallest absolute Gasteiger partial charge is 0.420 e. The highest BCUT2D eigenvalue weighted by Gasteiger charge is 2.28. The van der Waals surface area contributed by atoms with Gasteiger partial charge in [-0.1, -0.05) is 60.7 Å². The molecular formula is C32H16N8O4S2. The van der Waals surface area contributed by atoms with Gasteiger partial charge >= 0.3 is 12.2 Å². The summed E-state index contributed by atoms with van der Waals surface area (Å²) in [5.41, 5.74) is 1.43. The van der Waals surface area contributed by atoms with Gasteiger partial charge in [-0.05, 0) is 11.1 Å². The summed E-state index contributed by atoms with van der Waals surface area (Å²) in [4.78, 5) is 35.3. The number of thiophene rings is 2. The molecule has 46 heavy (non-hydrogen) atoms. The lowest BCUT2D eigenvalue weighted by molar-refractivity contribution is 0.142. The van der Waals surface area contributed by atoms with Crippen LogP contribution in [0, 0.1) is 45.3 Å². The Morgan fingerprint density at radius 1 is 0.630 bits per heavy atom. The Kier molecular flexibility index (Phi) is 8.06. The average molecular weight is 641 g/mol. The summed E-state index contributed by atoms with van der Waals surface area (Å²) >= 11 is 2.47. The first-order valence-corrected chi connectivity index (χ1v) is 14.9. The topological polar surface area (TPSA) is 182 Å². The molecule has 0 saturated carbocycles. The summed E-state index contributed by atoms with van der Waals surface area (Å²) in [6.45, 7) is -0.0728. The fraction of sp³-hybridized carbons (Fsp3) is 0.0625. The summed E-state index contributed by atoms with van der Waals surface area (Å²) in [5.74, 6) is 0.0565. The maximum absolute atomic E-state index is 13.6. The van der Waals surface area contributed by atoms with Gasteiger partial charge in [-0.25, -0.2) is 28.7 Å². The van der Waals surface area contributed by atoms with E-state index in [0.717, 1.165) is 11.1 Å². The standard InChI is InChI=1S/C32H16N8O4S2/c33-13-21(14-34)37-25-11-23-27(39(25)31(41)43-17-19-7-3-1-4-8-19)29-30(45-23)28-24(46-29)12-26(38-22(15-35)16-36)40(28)32(42)44-18-20-9-5-2-6-10-20/h1-12H,17-18H2. The second-order valence-electron chi connectivity index (χ2n) is 9.41. The van der Waals surface area contributed by atoms with E-state index >= 15 is 0 Å². The van der Waals surface area contributed by atoms with E-state index in [4.69, 9.17) is 9.47 Å². The molecule has 0 unspecified atom stereocenters. The molecule has 14 heteroatoms. The molecule has 4 heterocycles. The van der Waals surface area contributed by atoms with Crippen molar-refractivity contribution >= 4 is 87.8 Å². The van der Waals surface area contributed by atoms with Crippen LogP contribution in [0.25, 0.3) is 29.8 Å². The third-order valence-corrected chi connectivity index (χ3v) is 9.00. The number of carbonyl (C=O) groups is 2. The van der Waals surface area contributed by atoms with E-state index < -0.39 is 23.6 Å². The minimum Gasteiger partial charge on any atom is -0.444 e. The quantitative estimate of drug-likeness (QED) is 0.168. The number of hydrogen-bond donors (Lipinski definition) is 0. The number of ether oxygens (including phenoxy) is 2. The van der Waals surface area contributed by atoms with Crippen LogP contribution in [0.4, 0.5) is 21.2 Å². The van der Waals surface area contributed by atoms with Crippen LogP contribution in [-0.4, -0.2) is 32.7 Å². The zero-order valence-electron chi connectivity index (χ0n) is 23.4. The first-order valence-electron chi connectivity index (χ1n) is 13.3. The number of hydrogen-bond acceptors (Lipinski definition) is 12. The van der Waals surface area contributed by atoms with E-state index in [2.05, 4.69) is 9.98 Å². The normalized spacial score (nSPS) is 10.4. The van der Waals surface area contributed by atoms with Crippen LogP contribution in [0.2, 0.25) is 0 Å². The Morgan fingerprint density at radius 2 is 1.00 bits per heavy atom. The highest BCUT2D eigenvalue weighted by Crippen LogP contribution is 2.48. The maximum atomic E-state index is 13.6. The van der Waals surface area contributed by atoms with Crippen molar-refractivity contribution in [3.05, 3.63) is 83.9 Å². The largest absolute Gasteiger partial charge is 0.444 e. The molecule has 0 N–H and O–H groups in total. The van der Waals surface area contributed by atoms with Gasteiger partial charge < -0.3 is 9.47 Å². The van der Waals surface area contributed by atoms with Gasteiger partial charge in [-0.2, -0.15) is 21.0 Å². The van der Waals surface area contributed by atoms with Crippen molar-refractivity contribution in [3.8, 4) is 24.3 Å². The summed E-state index contributed by atoms with van der Waals surface area (Å²) in [6, 6.07) is 28.1. The van der Waals surface area contributed by atoms with Gasteiger partial charge in [0.25, 0.3) is 0 Å². The van der Waals surface area contributed by atoms with Crippen molar-refractivity contribution in [2.75, 3.05) is 0 Å². The van der Waals surface area contributed by atoms with E-state index in [1.807, 2.05) is 36.4 Å². The van der Waals surface area contributed by atoms with Crippen LogP contribution < -0.4 is 0 Å². The van der Waals surface area contributed by atoms with Crippen molar-refractivity contribution in [3.63, 3.8) is 0 Å². The van der Waals surface area contributed by atoms with Gasteiger partial charge in [-0.15, -0.1) is 22.7 Å². The molecule has 6 rings (SSSR count). The van der Waals surface area contributed by atoms with Gasteiger partial charge in [0.15, 0.2) is 0 Å². The minimum atomic E-state index is -0.784. The van der Waals surface area contributed by atoms with Crippen LogP contribution in [-0.2, 0) is 22.7 Å². The van der Waals surface area contributed by atoms with E-state index in [0.29, 0.717) is 29.8 Å². The second-order valence-corrected chi connectivity index (χ2v) is 11.5. The number of benzene rings is 2. The number of fused-ring (bicyclic) bond motifs is 5. The van der Waals surface area contributed by atoms with E-state index in [1.54, 1.807) is 60.7 Å². The Balaban J connectivity index is 1.52. The highest BCUT2D eigenvalue weighted by molar-refractivity contribution is 7.36. The zero-order chi connectivity index (χ0) is 32.2. The second kappa shape index (κ2) is 12.6. The van der Waals surface area contributed by atoms with Crippen molar-refractivity contribution in [1.82, 2.24) is 9.13 Å². The maximum Gasteiger partial charge on any atom is 0.420 e. The van der Waals surface area contributed by atoms with Crippen molar-refractivity contribution in [1.29, 1.82) is 21.0 Å². The Bertz CT molecular complexity index is 2200. The third kappa shape index (κ3) is 5.45. The molecule has 0 aliphatic heterocycles. The molecule has 0 atom stereocenters. The van der Waals surface area contributed by atoms with Gasteiger partial charge in [-0.3, -0.25) is 0 Å². The molecule has 0 amide bonds. The summed E-state index contributed by atoms with van der Waals surface area (Å²) < 4.78 is 15.9. The van der Waals surface area contributed by atoms with Gasteiger partial charge in [0.1, 0.15) is 49.1 Å². The fourth-order valence-electron chi connectivity index (χ4n) is 4.64. The molecule has 0 fully saturated rings. The molecule has 0 spiro atoms. The predicted octanol–water partition coefficient (Wildman–Crippen LogP) is 7.48. The Morgan fingerprint density at radius 3 is 1.35 bits per heavy atom. The van der Waals surface area contributed by atoms with E-state index in [9.17, 15) is 30.6 Å². The summed E-state index contributed by atoms with van der Waals surface area (Å²) in [7, 11) is 0. The van der Waals surface area contributed by atoms with Gasteiger partial charge in [0, 0.05) is 12.1 Å². The molecular weight excluding hydrogens is 625 g/mol. The number of nitriles is 4. The van der Waals surface area contributed by atoms with Crippen LogP contribution in [0.3, 0.4) is 0 Å². The molecule has 0 saturated heterocycles. The molecule has 0 radical (unpaired) electrons. The number of carbonyl (C=O) groups excluding carboxylic acids is 2. The van der Waals surface area contributed by atoms with Crippen molar-refractivity contribution in [2.45, 2.75) is 13.2 Å². The molecule has 12 nitrogen and oxygen atoms in total. The Labute approximate surface area is 267 Å². The molecule has 0 bridgehead atoms. The summed E-state index contributed by atoms with van der Waals surface area (Å²) in [5, 5.41) is 37.3. The summed E-state index contributed by atoms with van der Waals surface area (Å²) in [6.07, 6.45) is -1.57. The molecule has 0 aliphatic rings. The van der Waals surface area contributed by atoms with Crippen LogP contribution in [0.5, 0.6) is 0 Å². The van der Waals surface area contributed by atoms with E-state index in [1.165, 1.54) is 31.8 Å². The van der Waals surface area contributed by atoms with Gasteiger partial charge in [0.2, 0.25) is 11.4 Å². The van der Waals surface area contributed by atoms with Crippen LogP contribution in [0.15, 0.2) is 82.8 Å². The first kappa shape index (κ1) is 29.5. The highest BCUT2D eigenvalue weighted by atomic mass is 32.1. The molecule has 220 valence electrons. The fourth-order valence-corrected chi connectivity index (χ4v) is 7.34. The minimum absolute atomic E-state index is 0.0283. The lowest BCUT2D eigenvalue weighted by atomic mass is 10.2. The Hall–Kier alpha value is -6.58. The predicted molar refractivity (Wildman–Crippen MR) is 171 cm³/mol. The number of aromatic nitrogens is 2. The van der Waals surface area contributed by atoms with Gasteiger partial charge in [0.05, 0.1) is 29.8 Å². The average Bonchev–Trinajstić information content (AvgIpc) is 3.81. The number of rotatable bonds is 6. The number of aliphatic imine (C=N–C) groups is 2. The molecule has 2 aromatic carbocycles. The third-order valence-electron chi connectivity index (χ3n) is 6.60. The van der Waals surface area contributed by atoms with Crippen LogP contribution >= 0.6 is 22.7 Å². The number of nitrogens with zero attached hydrogens (tertiary/aromatic N) is 8. The SMILES string of the molecule is N#CC(C#N)=Nc1cc2sc3c(sc4cc(N=C(C#N)C#N)n(C(=O)OCc5ccccc5)c43)c2n1C(=O)OCc1ccccc1. The lowest BCUT2D eigenvalue weighted by Crippen LogP contribution is -2.13. The molecule has 6 aromatic rings. The molecule has 0 aliphatic carbocycles. The van der Waals surface area contributed by atoms with Crippen LogP contribution in [0.1, 0.15) is 11.1 Å². The first-order chi connectivity index (χ1) is 22.4. The lowest BCUT2D eigenvalue weighted by Gasteiger charge is -2.08. The van der Waals surface area contributed by atoms with E-state index in [-0.39, 0.29) is 24.8 Å². The van der Waals surface area contributed by atoms with Crippen molar-refractivity contribution < 1.29 is 19.1 Å².